The van der Waals surface area contributed by atoms with Crippen LogP contribution in [0.4, 0.5) is 8.78 Å². The molecule has 5 heteroatoms. The van der Waals surface area contributed by atoms with E-state index < -0.39 is 17.7 Å². The summed E-state index contributed by atoms with van der Waals surface area (Å²) in [4.78, 5) is 0. The monoisotopic (exact) mass is 285 g/mol. The second-order valence-corrected chi connectivity index (χ2v) is 4.67. The van der Waals surface area contributed by atoms with E-state index in [0.29, 0.717) is 11.3 Å². The molecule has 2 aromatic carbocycles. The Kier molecular flexibility index (Phi) is 3.50. The zero-order chi connectivity index (χ0) is 14.8. The highest BCUT2D eigenvalue weighted by atomic mass is 19.2. The van der Waals surface area contributed by atoms with Crippen molar-refractivity contribution >= 4 is 0 Å². The van der Waals surface area contributed by atoms with Gasteiger partial charge in [-0.25, -0.2) is 13.5 Å². The molecule has 3 rings (SSSR count). The van der Waals surface area contributed by atoms with Gasteiger partial charge in [-0.1, -0.05) is 24.3 Å². The van der Waals surface area contributed by atoms with Gasteiger partial charge in [0.2, 0.25) is 0 Å². The van der Waals surface area contributed by atoms with Gasteiger partial charge in [0.15, 0.2) is 11.6 Å². The summed E-state index contributed by atoms with van der Waals surface area (Å²) in [5, 5.41) is 4.38. The Hall–Kier alpha value is -2.53. The molecule has 3 nitrogen and oxygen atoms in total. The smallest absolute Gasteiger partial charge is 0.159 e. The van der Waals surface area contributed by atoms with Crippen LogP contribution in [0.15, 0.2) is 60.8 Å². The van der Waals surface area contributed by atoms with Crippen LogP contribution in [0, 0.1) is 11.6 Å². The SMILES string of the molecule is NC(c1ccc(F)c(F)c1)c1ccn(-c2ccccc2)n1. The van der Waals surface area contributed by atoms with E-state index in [2.05, 4.69) is 5.10 Å². The first-order chi connectivity index (χ1) is 10.1. The second kappa shape index (κ2) is 5.46. The fourth-order valence-electron chi connectivity index (χ4n) is 2.11. The van der Waals surface area contributed by atoms with E-state index in [0.717, 1.165) is 17.8 Å². The van der Waals surface area contributed by atoms with Crippen LogP contribution < -0.4 is 5.73 Å². The van der Waals surface area contributed by atoms with Crippen LogP contribution in [0.25, 0.3) is 5.69 Å². The lowest BCUT2D eigenvalue weighted by Gasteiger charge is -2.09. The van der Waals surface area contributed by atoms with Crippen molar-refractivity contribution in [3.8, 4) is 5.69 Å². The maximum Gasteiger partial charge on any atom is 0.159 e. The Morgan fingerprint density at radius 2 is 1.71 bits per heavy atom. The molecule has 1 atom stereocenters. The average Bonchev–Trinajstić information content (AvgIpc) is 3.00. The van der Waals surface area contributed by atoms with Gasteiger partial charge in [-0.05, 0) is 35.9 Å². The van der Waals surface area contributed by atoms with Crippen molar-refractivity contribution in [3.63, 3.8) is 0 Å². The fraction of sp³-hybridized carbons (Fsp3) is 0.0625. The summed E-state index contributed by atoms with van der Waals surface area (Å²) >= 11 is 0. The maximum absolute atomic E-state index is 13.3. The molecule has 0 amide bonds. The number of benzene rings is 2. The first kappa shape index (κ1) is 13.5. The summed E-state index contributed by atoms with van der Waals surface area (Å²) in [6.45, 7) is 0. The van der Waals surface area contributed by atoms with Gasteiger partial charge in [0.25, 0.3) is 0 Å². The van der Waals surface area contributed by atoms with E-state index in [4.69, 9.17) is 5.73 Å². The zero-order valence-electron chi connectivity index (χ0n) is 11.1. The number of halogens is 2. The van der Waals surface area contributed by atoms with Gasteiger partial charge in [0.05, 0.1) is 17.4 Å². The molecule has 2 N–H and O–H groups in total. The van der Waals surface area contributed by atoms with Gasteiger partial charge >= 0.3 is 0 Å². The molecule has 21 heavy (non-hydrogen) atoms. The molecule has 0 bridgehead atoms. The third-order valence-corrected chi connectivity index (χ3v) is 3.25. The largest absolute Gasteiger partial charge is 0.319 e. The lowest BCUT2D eigenvalue weighted by molar-refractivity contribution is 0.506. The van der Waals surface area contributed by atoms with Crippen LogP contribution in [0.5, 0.6) is 0 Å². The Labute approximate surface area is 120 Å². The third-order valence-electron chi connectivity index (χ3n) is 3.25. The van der Waals surface area contributed by atoms with Crippen LogP contribution in [0.2, 0.25) is 0 Å². The van der Waals surface area contributed by atoms with E-state index in [-0.39, 0.29) is 0 Å². The summed E-state index contributed by atoms with van der Waals surface area (Å²) in [6.07, 6.45) is 1.78. The standard InChI is InChI=1S/C16H13F2N3/c17-13-7-6-11(10-14(13)18)16(19)15-8-9-21(20-15)12-4-2-1-3-5-12/h1-10,16H,19H2. The predicted molar refractivity (Wildman–Crippen MR) is 76.0 cm³/mol. The van der Waals surface area contributed by atoms with Crippen molar-refractivity contribution in [1.29, 1.82) is 0 Å². The number of rotatable bonds is 3. The highest BCUT2D eigenvalue weighted by Crippen LogP contribution is 2.20. The summed E-state index contributed by atoms with van der Waals surface area (Å²) in [6, 6.07) is 14.4. The molecule has 0 aliphatic carbocycles. The molecule has 0 aliphatic heterocycles. The molecule has 0 saturated heterocycles. The van der Waals surface area contributed by atoms with Crippen molar-refractivity contribution < 1.29 is 8.78 Å². The molecule has 0 aliphatic rings. The Balaban J connectivity index is 1.90. The molecule has 1 heterocycles. The number of nitrogens with two attached hydrogens (primary N) is 1. The summed E-state index contributed by atoms with van der Waals surface area (Å²) in [7, 11) is 0. The number of nitrogens with zero attached hydrogens (tertiary/aromatic N) is 2. The summed E-state index contributed by atoms with van der Waals surface area (Å²) in [5.74, 6) is -1.80. The molecule has 0 fully saturated rings. The highest BCUT2D eigenvalue weighted by molar-refractivity contribution is 5.33. The molecule has 1 aromatic heterocycles. The Morgan fingerprint density at radius 3 is 2.43 bits per heavy atom. The quantitative estimate of drug-likeness (QED) is 0.803. The van der Waals surface area contributed by atoms with Crippen molar-refractivity contribution in [1.82, 2.24) is 9.78 Å². The van der Waals surface area contributed by atoms with Crippen LogP contribution in [-0.2, 0) is 0 Å². The van der Waals surface area contributed by atoms with Gasteiger partial charge in [-0.15, -0.1) is 0 Å². The van der Waals surface area contributed by atoms with E-state index in [1.54, 1.807) is 16.9 Å². The van der Waals surface area contributed by atoms with Crippen molar-refractivity contribution in [2.75, 3.05) is 0 Å². The number of para-hydroxylation sites is 1. The lowest BCUT2D eigenvalue weighted by Crippen LogP contribution is -2.13. The highest BCUT2D eigenvalue weighted by Gasteiger charge is 2.14. The molecule has 3 aromatic rings. The lowest BCUT2D eigenvalue weighted by atomic mass is 10.0. The molecule has 0 saturated carbocycles. The number of hydrogen-bond acceptors (Lipinski definition) is 2. The van der Waals surface area contributed by atoms with Crippen LogP contribution in [-0.4, -0.2) is 9.78 Å². The van der Waals surface area contributed by atoms with Crippen LogP contribution in [0.1, 0.15) is 17.3 Å². The zero-order valence-corrected chi connectivity index (χ0v) is 11.1. The van der Waals surface area contributed by atoms with Crippen molar-refractivity contribution in [3.05, 3.63) is 83.7 Å². The molecular formula is C16H13F2N3. The van der Waals surface area contributed by atoms with Crippen molar-refractivity contribution in [2.24, 2.45) is 5.73 Å². The topological polar surface area (TPSA) is 43.8 Å². The normalized spacial score (nSPS) is 12.3. The molecule has 1 unspecified atom stereocenters. The van der Waals surface area contributed by atoms with Gasteiger partial charge in [0.1, 0.15) is 0 Å². The van der Waals surface area contributed by atoms with E-state index >= 15 is 0 Å². The molecule has 0 spiro atoms. The minimum Gasteiger partial charge on any atom is -0.319 e. The van der Waals surface area contributed by atoms with Crippen molar-refractivity contribution in [2.45, 2.75) is 6.04 Å². The fourth-order valence-corrected chi connectivity index (χ4v) is 2.11. The molecular weight excluding hydrogens is 272 g/mol. The number of hydrogen-bond donors (Lipinski definition) is 1. The van der Waals surface area contributed by atoms with Gasteiger partial charge < -0.3 is 5.73 Å². The van der Waals surface area contributed by atoms with Crippen LogP contribution >= 0.6 is 0 Å². The average molecular weight is 285 g/mol. The summed E-state index contributed by atoms with van der Waals surface area (Å²) < 4.78 is 27.9. The first-order valence-electron chi connectivity index (χ1n) is 6.46. The van der Waals surface area contributed by atoms with Gasteiger partial charge in [-0.2, -0.15) is 5.10 Å². The Morgan fingerprint density at radius 1 is 0.952 bits per heavy atom. The van der Waals surface area contributed by atoms with Gasteiger partial charge in [-0.3, -0.25) is 0 Å². The molecule has 106 valence electrons. The predicted octanol–water partition coefficient (Wildman–Crippen LogP) is 3.20. The molecule has 0 radical (unpaired) electrons. The third kappa shape index (κ3) is 2.68. The Bertz CT molecular complexity index is 753. The number of aromatic nitrogens is 2. The minimum atomic E-state index is -0.912. The summed E-state index contributed by atoms with van der Waals surface area (Å²) in [5.41, 5.74) is 8.03. The van der Waals surface area contributed by atoms with E-state index in [1.807, 2.05) is 30.3 Å². The maximum atomic E-state index is 13.3. The van der Waals surface area contributed by atoms with E-state index in [9.17, 15) is 8.78 Å². The second-order valence-electron chi connectivity index (χ2n) is 4.67. The van der Waals surface area contributed by atoms with Crippen LogP contribution in [0.3, 0.4) is 0 Å². The first-order valence-corrected chi connectivity index (χ1v) is 6.46. The van der Waals surface area contributed by atoms with E-state index in [1.165, 1.54) is 6.07 Å². The minimum absolute atomic E-state index is 0.479. The van der Waals surface area contributed by atoms with Gasteiger partial charge in [0, 0.05) is 6.20 Å².